The van der Waals surface area contributed by atoms with Gasteiger partial charge in [-0.1, -0.05) is 18.2 Å². The second kappa shape index (κ2) is 7.87. The third kappa shape index (κ3) is 3.72. The van der Waals surface area contributed by atoms with E-state index in [2.05, 4.69) is 20.9 Å². The number of carbonyl (C=O) groups is 1. The highest BCUT2D eigenvalue weighted by atomic mass is 16.5. The number of amides is 1. The fourth-order valence-corrected chi connectivity index (χ4v) is 4.33. The summed E-state index contributed by atoms with van der Waals surface area (Å²) in [5.41, 5.74) is 4.17. The van der Waals surface area contributed by atoms with Crippen LogP contribution in [0.2, 0.25) is 0 Å². The minimum Gasteiger partial charge on any atom is -0.381 e. The summed E-state index contributed by atoms with van der Waals surface area (Å²) < 4.78 is 7.73. The highest BCUT2D eigenvalue weighted by molar-refractivity contribution is 6.14. The molecule has 2 N–H and O–H groups in total. The number of para-hydroxylation sites is 1. The van der Waals surface area contributed by atoms with Crippen molar-refractivity contribution in [3.63, 3.8) is 0 Å². The zero-order valence-corrected chi connectivity index (χ0v) is 17.2. The van der Waals surface area contributed by atoms with Crippen LogP contribution >= 0.6 is 0 Å². The molecule has 0 radical (unpaired) electrons. The summed E-state index contributed by atoms with van der Waals surface area (Å²) in [7, 11) is 0. The first-order chi connectivity index (χ1) is 14.0. The molecule has 4 rings (SSSR count). The average Bonchev–Trinajstić information content (AvgIpc) is 2.97. The van der Waals surface area contributed by atoms with Gasteiger partial charge in [0.05, 0.1) is 5.56 Å². The maximum atomic E-state index is 13.2. The maximum absolute atomic E-state index is 13.2. The molecule has 2 aromatic heterocycles. The molecule has 0 bridgehead atoms. The van der Waals surface area contributed by atoms with Crippen LogP contribution in [0, 0.1) is 26.7 Å². The molecule has 1 amide bonds. The van der Waals surface area contributed by atoms with E-state index in [1.807, 2.05) is 45.0 Å². The van der Waals surface area contributed by atoms with Gasteiger partial charge in [-0.05, 0) is 57.2 Å². The van der Waals surface area contributed by atoms with Crippen molar-refractivity contribution >= 4 is 22.5 Å². The Morgan fingerprint density at radius 3 is 2.66 bits per heavy atom. The molecule has 1 saturated heterocycles. The van der Waals surface area contributed by atoms with E-state index < -0.39 is 0 Å². The highest BCUT2D eigenvalue weighted by Gasteiger charge is 2.23. The summed E-state index contributed by atoms with van der Waals surface area (Å²) in [5, 5.41) is 3.77. The van der Waals surface area contributed by atoms with E-state index in [-0.39, 0.29) is 11.5 Å². The van der Waals surface area contributed by atoms with Gasteiger partial charge in [0, 0.05) is 42.0 Å². The lowest BCUT2D eigenvalue weighted by atomic mass is 10.0. The number of rotatable bonds is 4. The Labute approximate surface area is 169 Å². The van der Waals surface area contributed by atoms with Crippen molar-refractivity contribution in [3.8, 4) is 0 Å². The van der Waals surface area contributed by atoms with Gasteiger partial charge >= 0.3 is 0 Å². The summed E-state index contributed by atoms with van der Waals surface area (Å²) in [6, 6.07) is 9.84. The standard InChI is InChI=1S/C23H27N3O3/c1-14-12-15(2)24-23(28)21(14)25-22(27)20-16(3)26(13-17-8-10-29-11-9-17)19-7-5-4-6-18(19)20/h4-7,12,17H,8-11,13H2,1-3H3,(H,24,28)(H,25,27). The minimum absolute atomic E-state index is 0.248. The monoisotopic (exact) mass is 393 g/mol. The van der Waals surface area contributed by atoms with Gasteiger partial charge < -0.3 is 19.6 Å². The molecule has 29 heavy (non-hydrogen) atoms. The summed E-state index contributed by atoms with van der Waals surface area (Å²) in [6.07, 6.45) is 2.07. The van der Waals surface area contributed by atoms with Crippen molar-refractivity contribution in [2.75, 3.05) is 18.5 Å². The Morgan fingerprint density at radius 1 is 1.21 bits per heavy atom. The van der Waals surface area contributed by atoms with Gasteiger partial charge in [0.15, 0.2) is 0 Å². The Kier molecular flexibility index (Phi) is 5.28. The van der Waals surface area contributed by atoms with Crippen LogP contribution < -0.4 is 10.9 Å². The number of H-pyrrole nitrogens is 1. The fourth-order valence-electron chi connectivity index (χ4n) is 4.33. The molecule has 3 heterocycles. The fraction of sp³-hybridized carbons (Fsp3) is 0.391. The van der Waals surface area contributed by atoms with Gasteiger partial charge in [0.25, 0.3) is 11.5 Å². The predicted octanol–water partition coefficient (Wildman–Crippen LogP) is 3.93. The Morgan fingerprint density at radius 2 is 1.93 bits per heavy atom. The van der Waals surface area contributed by atoms with Crippen LogP contribution in [-0.4, -0.2) is 28.7 Å². The van der Waals surface area contributed by atoms with E-state index in [9.17, 15) is 9.59 Å². The number of hydrogen-bond donors (Lipinski definition) is 2. The van der Waals surface area contributed by atoms with Crippen molar-refractivity contribution in [3.05, 3.63) is 63.2 Å². The van der Waals surface area contributed by atoms with Gasteiger partial charge in [-0.3, -0.25) is 9.59 Å². The summed E-state index contributed by atoms with van der Waals surface area (Å²) >= 11 is 0. The normalized spacial score (nSPS) is 15.0. The third-order valence-corrected chi connectivity index (χ3v) is 5.84. The first kappa shape index (κ1) is 19.5. The van der Waals surface area contributed by atoms with Crippen molar-refractivity contribution < 1.29 is 9.53 Å². The third-order valence-electron chi connectivity index (χ3n) is 5.84. The smallest absolute Gasteiger partial charge is 0.272 e. The molecule has 0 unspecified atom stereocenters. The number of pyridine rings is 1. The van der Waals surface area contributed by atoms with Crippen LogP contribution in [0.25, 0.3) is 10.9 Å². The lowest BCUT2D eigenvalue weighted by Crippen LogP contribution is -2.23. The molecule has 1 aromatic carbocycles. The molecule has 1 fully saturated rings. The number of aromatic amines is 1. The zero-order valence-electron chi connectivity index (χ0n) is 17.2. The molecule has 0 spiro atoms. The Hall–Kier alpha value is -2.86. The number of anilines is 1. The molecule has 6 heteroatoms. The number of fused-ring (bicyclic) bond motifs is 1. The molecule has 152 valence electrons. The van der Waals surface area contributed by atoms with Crippen molar-refractivity contribution in [2.45, 2.75) is 40.2 Å². The van der Waals surface area contributed by atoms with Gasteiger partial charge in [-0.15, -0.1) is 0 Å². The summed E-state index contributed by atoms with van der Waals surface area (Å²) in [6.45, 7) is 8.11. The number of aryl methyl sites for hydroxylation is 2. The molecule has 1 aliphatic heterocycles. The van der Waals surface area contributed by atoms with Gasteiger partial charge in [0.1, 0.15) is 5.69 Å². The van der Waals surface area contributed by atoms with E-state index >= 15 is 0 Å². The van der Waals surface area contributed by atoms with E-state index in [1.54, 1.807) is 0 Å². The molecule has 0 atom stereocenters. The lowest BCUT2D eigenvalue weighted by Gasteiger charge is -2.23. The Balaban J connectivity index is 1.73. The number of carbonyl (C=O) groups excluding carboxylic acids is 1. The van der Waals surface area contributed by atoms with Crippen LogP contribution in [-0.2, 0) is 11.3 Å². The topological polar surface area (TPSA) is 76.1 Å². The average molecular weight is 393 g/mol. The molecule has 3 aromatic rings. The summed E-state index contributed by atoms with van der Waals surface area (Å²) in [5.74, 6) is 0.290. The SMILES string of the molecule is Cc1cc(C)c(NC(=O)c2c(C)n(CC3CCOCC3)c3ccccc23)c(=O)[nH]1. The van der Waals surface area contributed by atoms with E-state index in [1.165, 1.54) is 0 Å². The Bertz CT molecular complexity index is 1120. The highest BCUT2D eigenvalue weighted by Crippen LogP contribution is 2.29. The van der Waals surface area contributed by atoms with Crippen molar-refractivity contribution in [2.24, 2.45) is 5.92 Å². The number of aromatic nitrogens is 2. The van der Waals surface area contributed by atoms with Crippen LogP contribution in [0.15, 0.2) is 35.1 Å². The van der Waals surface area contributed by atoms with Crippen molar-refractivity contribution in [1.29, 1.82) is 0 Å². The number of nitrogens with zero attached hydrogens (tertiary/aromatic N) is 1. The first-order valence-electron chi connectivity index (χ1n) is 10.1. The molecular formula is C23H27N3O3. The number of nitrogens with one attached hydrogen (secondary N) is 2. The van der Waals surface area contributed by atoms with Crippen LogP contribution in [0.3, 0.4) is 0 Å². The number of hydrogen-bond acceptors (Lipinski definition) is 3. The van der Waals surface area contributed by atoms with E-state index in [4.69, 9.17) is 4.74 Å². The quantitative estimate of drug-likeness (QED) is 0.705. The lowest BCUT2D eigenvalue weighted by molar-refractivity contribution is 0.0614. The van der Waals surface area contributed by atoms with Crippen LogP contribution in [0.4, 0.5) is 5.69 Å². The first-order valence-corrected chi connectivity index (χ1v) is 10.1. The largest absolute Gasteiger partial charge is 0.381 e. The van der Waals surface area contributed by atoms with Crippen molar-refractivity contribution in [1.82, 2.24) is 9.55 Å². The molecule has 0 aliphatic carbocycles. The second-order valence-electron chi connectivity index (χ2n) is 7.94. The predicted molar refractivity (Wildman–Crippen MR) is 115 cm³/mol. The molecule has 1 aliphatic rings. The molecule has 0 saturated carbocycles. The van der Waals surface area contributed by atoms with Crippen LogP contribution in [0.1, 0.15) is 40.2 Å². The summed E-state index contributed by atoms with van der Waals surface area (Å²) in [4.78, 5) is 28.4. The van der Waals surface area contributed by atoms with Gasteiger partial charge in [-0.2, -0.15) is 0 Å². The van der Waals surface area contributed by atoms with E-state index in [0.717, 1.165) is 60.5 Å². The molecular weight excluding hydrogens is 366 g/mol. The second-order valence-corrected chi connectivity index (χ2v) is 7.94. The van der Waals surface area contributed by atoms with E-state index in [0.29, 0.717) is 17.2 Å². The minimum atomic E-state index is -0.278. The van der Waals surface area contributed by atoms with Gasteiger partial charge in [-0.25, -0.2) is 0 Å². The maximum Gasteiger partial charge on any atom is 0.272 e. The molecule has 6 nitrogen and oxygen atoms in total. The van der Waals surface area contributed by atoms with Crippen LogP contribution in [0.5, 0.6) is 0 Å². The van der Waals surface area contributed by atoms with Gasteiger partial charge in [0.2, 0.25) is 0 Å². The zero-order chi connectivity index (χ0) is 20.5. The number of benzene rings is 1. The number of ether oxygens (including phenoxy) is 1.